The van der Waals surface area contributed by atoms with Gasteiger partial charge >= 0.3 is 0 Å². The molecule has 0 amide bonds. The SMILES string of the molecule is COc1nnn(Cl)c1OC. The van der Waals surface area contributed by atoms with E-state index < -0.39 is 0 Å². The van der Waals surface area contributed by atoms with E-state index in [1.165, 1.54) is 14.2 Å². The van der Waals surface area contributed by atoms with Crippen molar-refractivity contribution in [1.29, 1.82) is 0 Å². The number of hydrogen-bond donors (Lipinski definition) is 0. The molecule has 0 fully saturated rings. The third kappa shape index (κ3) is 0.995. The van der Waals surface area contributed by atoms with Crippen molar-refractivity contribution in [3.63, 3.8) is 0 Å². The molecule has 0 bridgehead atoms. The van der Waals surface area contributed by atoms with Gasteiger partial charge in [0.05, 0.1) is 14.2 Å². The molecule has 1 aromatic heterocycles. The summed E-state index contributed by atoms with van der Waals surface area (Å²) >= 11 is 5.46. The minimum absolute atomic E-state index is 0.275. The summed E-state index contributed by atoms with van der Waals surface area (Å²) in [5, 5.41) is 6.98. The summed E-state index contributed by atoms with van der Waals surface area (Å²) in [5.41, 5.74) is 0. The minimum atomic E-state index is 0.275. The molecule has 1 aromatic rings. The lowest BCUT2D eigenvalue weighted by Gasteiger charge is -1.96. The molecule has 0 saturated heterocycles. The van der Waals surface area contributed by atoms with Crippen LogP contribution in [0.25, 0.3) is 0 Å². The zero-order valence-electron chi connectivity index (χ0n) is 5.54. The predicted octanol–water partition coefficient (Wildman–Crippen LogP) is 0.297. The molecule has 0 N–H and O–H groups in total. The summed E-state index contributed by atoms with van der Waals surface area (Å²) in [4.78, 5) is 0. The Labute approximate surface area is 62.6 Å². The fraction of sp³-hybridized carbons (Fsp3) is 0.500. The zero-order valence-corrected chi connectivity index (χ0v) is 6.29. The van der Waals surface area contributed by atoms with Crippen LogP contribution in [0, 0.1) is 0 Å². The number of methoxy groups -OCH3 is 2. The minimum Gasteiger partial charge on any atom is -0.476 e. The maximum Gasteiger partial charge on any atom is 0.299 e. The van der Waals surface area contributed by atoms with Crippen molar-refractivity contribution in [1.82, 2.24) is 14.5 Å². The average molecular weight is 164 g/mol. The molecule has 5 nitrogen and oxygen atoms in total. The first kappa shape index (κ1) is 7.14. The van der Waals surface area contributed by atoms with E-state index in [1.54, 1.807) is 0 Å². The topological polar surface area (TPSA) is 49.2 Å². The molecule has 0 spiro atoms. The smallest absolute Gasteiger partial charge is 0.299 e. The van der Waals surface area contributed by atoms with E-state index in [2.05, 4.69) is 10.3 Å². The first-order valence-electron chi connectivity index (χ1n) is 2.49. The Morgan fingerprint density at radius 2 is 2.10 bits per heavy atom. The molecule has 0 unspecified atom stereocenters. The highest BCUT2D eigenvalue weighted by atomic mass is 35.5. The highest BCUT2D eigenvalue weighted by molar-refractivity contribution is 6.15. The van der Waals surface area contributed by atoms with Gasteiger partial charge in [0.15, 0.2) is 0 Å². The Balaban J connectivity index is 3.01. The maximum absolute atomic E-state index is 5.46. The van der Waals surface area contributed by atoms with Gasteiger partial charge in [-0.1, -0.05) is 5.10 Å². The van der Waals surface area contributed by atoms with E-state index in [0.29, 0.717) is 5.88 Å². The van der Waals surface area contributed by atoms with Crippen molar-refractivity contribution in [2.45, 2.75) is 0 Å². The number of ether oxygens (including phenoxy) is 2. The van der Waals surface area contributed by atoms with Gasteiger partial charge in [-0.15, -0.1) is 4.20 Å². The Hall–Kier alpha value is -0.970. The second kappa shape index (κ2) is 2.74. The van der Waals surface area contributed by atoms with Gasteiger partial charge in [-0.05, 0) is 5.21 Å². The third-order valence-electron chi connectivity index (χ3n) is 0.951. The summed E-state index contributed by atoms with van der Waals surface area (Å²) in [6.07, 6.45) is 0. The van der Waals surface area contributed by atoms with Crippen molar-refractivity contribution < 1.29 is 9.47 Å². The first-order valence-corrected chi connectivity index (χ1v) is 2.83. The van der Waals surface area contributed by atoms with Gasteiger partial charge in [-0.3, -0.25) is 0 Å². The van der Waals surface area contributed by atoms with E-state index in [0.717, 1.165) is 4.20 Å². The van der Waals surface area contributed by atoms with Crippen molar-refractivity contribution in [3.05, 3.63) is 0 Å². The molecular weight excluding hydrogens is 158 g/mol. The molecule has 0 aliphatic heterocycles. The molecule has 0 saturated carbocycles. The zero-order chi connectivity index (χ0) is 7.56. The first-order chi connectivity index (χ1) is 4.79. The number of aromatic nitrogens is 3. The van der Waals surface area contributed by atoms with Crippen molar-refractivity contribution in [2.24, 2.45) is 0 Å². The lowest BCUT2D eigenvalue weighted by molar-refractivity contribution is 0.338. The average Bonchev–Trinajstić information content (AvgIpc) is 2.30. The summed E-state index contributed by atoms with van der Waals surface area (Å²) in [6.45, 7) is 0. The summed E-state index contributed by atoms with van der Waals surface area (Å²) in [7, 11) is 2.92. The molecular formula is C4H6ClN3O2. The Morgan fingerprint density at radius 1 is 1.40 bits per heavy atom. The Bertz CT molecular complexity index is 224. The summed E-state index contributed by atoms with van der Waals surface area (Å²) in [6, 6.07) is 0. The van der Waals surface area contributed by atoms with Gasteiger partial charge in [0.2, 0.25) is 0 Å². The largest absolute Gasteiger partial charge is 0.476 e. The predicted molar refractivity (Wildman–Crippen MR) is 34.4 cm³/mol. The van der Waals surface area contributed by atoms with Crippen molar-refractivity contribution in [3.8, 4) is 11.8 Å². The van der Waals surface area contributed by atoms with Crippen LogP contribution in [0.4, 0.5) is 0 Å². The van der Waals surface area contributed by atoms with Gasteiger partial charge in [-0.2, -0.15) is 0 Å². The highest BCUT2D eigenvalue weighted by Gasteiger charge is 2.11. The molecule has 0 aromatic carbocycles. The Kier molecular flexibility index (Phi) is 1.96. The number of halogens is 1. The van der Waals surface area contributed by atoms with Gasteiger partial charge in [-0.25, -0.2) is 0 Å². The fourth-order valence-corrected chi connectivity index (χ4v) is 0.708. The number of nitrogens with zero attached hydrogens (tertiary/aromatic N) is 3. The standard InChI is InChI=1S/C4H6ClN3O2/c1-9-3-4(10-2)8(5)7-6-3/h1-2H3. The van der Waals surface area contributed by atoms with E-state index >= 15 is 0 Å². The molecule has 0 aliphatic carbocycles. The molecule has 1 heterocycles. The highest BCUT2D eigenvalue weighted by Crippen LogP contribution is 2.22. The third-order valence-corrected chi connectivity index (χ3v) is 1.17. The van der Waals surface area contributed by atoms with Gasteiger partial charge in [0, 0.05) is 11.8 Å². The molecule has 6 heteroatoms. The van der Waals surface area contributed by atoms with Crippen molar-refractivity contribution >= 4 is 11.8 Å². The van der Waals surface area contributed by atoms with Gasteiger partial charge in [0.1, 0.15) is 0 Å². The van der Waals surface area contributed by atoms with Crippen LogP contribution in [-0.4, -0.2) is 28.7 Å². The van der Waals surface area contributed by atoms with Crippen LogP contribution in [0.15, 0.2) is 0 Å². The Morgan fingerprint density at radius 3 is 2.50 bits per heavy atom. The molecule has 0 radical (unpaired) electrons. The van der Waals surface area contributed by atoms with E-state index in [-0.39, 0.29) is 5.88 Å². The lowest BCUT2D eigenvalue weighted by Crippen LogP contribution is -1.91. The maximum atomic E-state index is 5.46. The van der Waals surface area contributed by atoms with Crippen LogP contribution in [0.2, 0.25) is 0 Å². The second-order valence-electron chi connectivity index (χ2n) is 1.47. The fourth-order valence-electron chi connectivity index (χ4n) is 0.533. The van der Waals surface area contributed by atoms with Crippen LogP contribution in [0.5, 0.6) is 11.8 Å². The van der Waals surface area contributed by atoms with Crippen LogP contribution in [-0.2, 0) is 0 Å². The second-order valence-corrected chi connectivity index (χ2v) is 1.79. The van der Waals surface area contributed by atoms with Crippen LogP contribution >= 0.6 is 11.8 Å². The molecule has 56 valence electrons. The molecule has 1 rings (SSSR count). The number of hydrogen-bond acceptors (Lipinski definition) is 4. The van der Waals surface area contributed by atoms with E-state index in [4.69, 9.17) is 21.3 Å². The van der Waals surface area contributed by atoms with Gasteiger partial charge in [0.25, 0.3) is 11.8 Å². The van der Waals surface area contributed by atoms with Crippen LogP contribution in [0.3, 0.4) is 0 Å². The molecule has 0 atom stereocenters. The van der Waals surface area contributed by atoms with E-state index in [1.807, 2.05) is 0 Å². The lowest BCUT2D eigenvalue weighted by atomic mass is 10.8. The number of rotatable bonds is 2. The molecule has 0 aliphatic rings. The quantitative estimate of drug-likeness (QED) is 0.629. The van der Waals surface area contributed by atoms with Gasteiger partial charge < -0.3 is 9.47 Å². The van der Waals surface area contributed by atoms with Crippen LogP contribution < -0.4 is 9.47 Å². The van der Waals surface area contributed by atoms with Crippen LogP contribution in [0.1, 0.15) is 0 Å². The normalized spacial score (nSPS) is 9.50. The van der Waals surface area contributed by atoms with E-state index in [9.17, 15) is 0 Å². The molecule has 10 heavy (non-hydrogen) atoms. The summed E-state index contributed by atoms with van der Waals surface area (Å²) < 4.78 is 10.5. The van der Waals surface area contributed by atoms with Crippen molar-refractivity contribution in [2.75, 3.05) is 14.2 Å². The summed E-state index contributed by atoms with van der Waals surface area (Å²) in [5.74, 6) is 0.571. The monoisotopic (exact) mass is 163 g/mol.